The maximum Gasteiger partial charge on any atom is 0.407 e. The number of nitrogens with one attached hydrogen (secondary N) is 2. The second-order valence-corrected chi connectivity index (χ2v) is 6.48. The number of ether oxygens (including phenoxy) is 1. The van der Waals surface area contributed by atoms with E-state index in [9.17, 15) is 4.79 Å². The van der Waals surface area contributed by atoms with Crippen LogP contribution in [0.2, 0.25) is 0 Å². The highest BCUT2D eigenvalue weighted by Gasteiger charge is 2.15. The highest BCUT2D eigenvalue weighted by Crippen LogP contribution is 2.23. The van der Waals surface area contributed by atoms with Crippen LogP contribution in [0.15, 0.2) is 29.0 Å². The van der Waals surface area contributed by atoms with E-state index < -0.39 is 5.60 Å². The number of aromatic nitrogens is 2. The summed E-state index contributed by atoms with van der Waals surface area (Å²) in [5, 5.41) is 13.7. The third-order valence-corrected chi connectivity index (χ3v) is 3.17. The molecule has 0 aliphatic carbocycles. The average Bonchev–Trinajstić information content (AvgIpc) is 3.00. The summed E-state index contributed by atoms with van der Waals surface area (Å²) in [6, 6.07) is 5.91. The van der Waals surface area contributed by atoms with Gasteiger partial charge in [0.25, 0.3) is 0 Å². The van der Waals surface area contributed by atoms with Gasteiger partial charge in [0.1, 0.15) is 5.60 Å². The van der Waals surface area contributed by atoms with Gasteiger partial charge in [-0.25, -0.2) is 4.79 Å². The third kappa shape index (κ3) is 5.57. The van der Waals surface area contributed by atoms with Crippen molar-refractivity contribution in [3.8, 4) is 11.5 Å². The summed E-state index contributed by atoms with van der Waals surface area (Å²) in [5.41, 5.74) is 2.54. The lowest BCUT2D eigenvalue weighted by atomic mass is 10.1. The number of benzene rings is 1. The predicted octanol–water partition coefficient (Wildman–Crippen LogP) is 3.37. The molecule has 0 radical (unpaired) electrons. The van der Waals surface area contributed by atoms with Crippen LogP contribution in [0.25, 0.3) is 11.5 Å². The fourth-order valence-electron chi connectivity index (χ4n) is 2.11. The van der Waals surface area contributed by atoms with Gasteiger partial charge in [-0.1, -0.05) is 0 Å². The van der Waals surface area contributed by atoms with E-state index in [1.165, 1.54) is 6.39 Å². The van der Waals surface area contributed by atoms with Crippen molar-refractivity contribution >= 4 is 11.8 Å². The standard InChI is InChI=1S/C17H24N4O3/c1-12-10-13(15-21-20-11-23-15)6-7-14(12)18-8-5-9-19-16(22)24-17(2,3)4/h6-7,10-11,18H,5,8-9H2,1-4H3,(H,19,22). The molecule has 0 atom stereocenters. The van der Waals surface area contributed by atoms with Gasteiger partial charge in [-0.2, -0.15) is 0 Å². The number of hydrogen-bond acceptors (Lipinski definition) is 6. The van der Waals surface area contributed by atoms with E-state index in [-0.39, 0.29) is 6.09 Å². The first-order chi connectivity index (χ1) is 11.3. The average molecular weight is 332 g/mol. The van der Waals surface area contributed by atoms with Gasteiger partial charge >= 0.3 is 6.09 Å². The van der Waals surface area contributed by atoms with Crippen LogP contribution in [-0.2, 0) is 4.74 Å². The largest absolute Gasteiger partial charge is 0.444 e. The maximum atomic E-state index is 11.5. The van der Waals surface area contributed by atoms with Crippen LogP contribution in [0.5, 0.6) is 0 Å². The normalized spacial score (nSPS) is 11.2. The van der Waals surface area contributed by atoms with E-state index in [0.717, 1.165) is 29.8 Å². The molecule has 0 fully saturated rings. The van der Waals surface area contributed by atoms with Crippen LogP contribution in [0.1, 0.15) is 32.8 Å². The molecule has 1 amide bonds. The fourth-order valence-corrected chi connectivity index (χ4v) is 2.11. The van der Waals surface area contributed by atoms with Crippen molar-refractivity contribution in [2.75, 3.05) is 18.4 Å². The molecule has 0 aliphatic heterocycles. The molecule has 1 aromatic carbocycles. The van der Waals surface area contributed by atoms with E-state index in [2.05, 4.69) is 20.8 Å². The first-order valence-corrected chi connectivity index (χ1v) is 7.93. The molecule has 2 rings (SSSR count). The van der Waals surface area contributed by atoms with Crippen molar-refractivity contribution < 1.29 is 13.9 Å². The molecule has 0 bridgehead atoms. The third-order valence-electron chi connectivity index (χ3n) is 3.17. The van der Waals surface area contributed by atoms with Crippen LogP contribution in [0.3, 0.4) is 0 Å². The zero-order chi connectivity index (χ0) is 17.6. The lowest BCUT2D eigenvalue weighted by molar-refractivity contribution is 0.0528. The van der Waals surface area contributed by atoms with Gasteiger partial charge in [0.05, 0.1) is 0 Å². The van der Waals surface area contributed by atoms with E-state index in [4.69, 9.17) is 9.15 Å². The number of amides is 1. The molecular weight excluding hydrogens is 308 g/mol. The second kappa shape index (κ2) is 7.81. The smallest absolute Gasteiger partial charge is 0.407 e. The molecule has 1 heterocycles. The molecule has 130 valence electrons. The van der Waals surface area contributed by atoms with E-state index in [1.54, 1.807) is 0 Å². The zero-order valence-electron chi connectivity index (χ0n) is 14.5. The van der Waals surface area contributed by atoms with Crippen LogP contribution >= 0.6 is 0 Å². The van der Waals surface area contributed by atoms with Crippen LogP contribution in [0, 0.1) is 6.92 Å². The lowest BCUT2D eigenvalue weighted by Crippen LogP contribution is -2.33. The molecule has 0 aliphatic rings. The SMILES string of the molecule is Cc1cc(-c2nnco2)ccc1NCCCNC(=O)OC(C)(C)C. The highest BCUT2D eigenvalue weighted by molar-refractivity contribution is 5.67. The van der Waals surface area contributed by atoms with Crippen molar-refractivity contribution in [1.29, 1.82) is 0 Å². The monoisotopic (exact) mass is 332 g/mol. The van der Waals surface area contributed by atoms with Gasteiger partial charge in [-0.05, 0) is 57.9 Å². The molecule has 1 aromatic heterocycles. The number of aryl methyl sites for hydroxylation is 1. The molecular formula is C17H24N4O3. The maximum absolute atomic E-state index is 11.5. The van der Waals surface area contributed by atoms with E-state index in [1.807, 2.05) is 45.9 Å². The number of nitrogens with zero attached hydrogens (tertiary/aromatic N) is 2. The first-order valence-electron chi connectivity index (χ1n) is 7.93. The molecule has 7 nitrogen and oxygen atoms in total. The quantitative estimate of drug-likeness (QED) is 0.788. The number of hydrogen-bond donors (Lipinski definition) is 2. The van der Waals surface area contributed by atoms with Crippen molar-refractivity contribution in [1.82, 2.24) is 15.5 Å². The molecule has 24 heavy (non-hydrogen) atoms. The highest BCUT2D eigenvalue weighted by atomic mass is 16.6. The number of rotatable bonds is 6. The molecule has 2 aromatic rings. The van der Waals surface area contributed by atoms with E-state index in [0.29, 0.717) is 12.4 Å². The van der Waals surface area contributed by atoms with Gasteiger partial charge in [-0.15, -0.1) is 10.2 Å². The second-order valence-electron chi connectivity index (χ2n) is 6.48. The number of alkyl carbamates (subject to hydrolysis) is 1. The molecule has 0 spiro atoms. The Hall–Kier alpha value is -2.57. The Bertz CT molecular complexity index is 663. The van der Waals surface area contributed by atoms with Gasteiger partial charge < -0.3 is 19.8 Å². The van der Waals surface area contributed by atoms with Crippen molar-refractivity contribution in [2.45, 2.75) is 39.7 Å². The number of anilines is 1. The summed E-state index contributed by atoms with van der Waals surface area (Å²) < 4.78 is 10.4. The molecule has 0 saturated heterocycles. The summed E-state index contributed by atoms with van der Waals surface area (Å²) in [6.07, 6.45) is 1.72. The van der Waals surface area contributed by atoms with Crippen molar-refractivity contribution in [3.63, 3.8) is 0 Å². The Morgan fingerprint density at radius 1 is 1.29 bits per heavy atom. The van der Waals surface area contributed by atoms with Gasteiger partial charge in [0.2, 0.25) is 12.3 Å². The summed E-state index contributed by atoms with van der Waals surface area (Å²) in [6.45, 7) is 8.84. The summed E-state index contributed by atoms with van der Waals surface area (Å²) in [7, 11) is 0. The Morgan fingerprint density at radius 3 is 2.71 bits per heavy atom. The summed E-state index contributed by atoms with van der Waals surface area (Å²) in [4.78, 5) is 11.5. The van der Waals surface area contributed by atoms with Crippen LogP contribution in [0.4, 0.5) is 10.5 Å². The van der Waals surface area contributed by atoms with E-state index >= 15 is 0 Å². The fraction of sp³-hybridized carbons (Fsp3) is 0.471. The zero-order valence-corrected chi connectivity index (χ0v) is 14.5. The van der Waals surface area contributed by atoms with Gasteiger partial charge in [-0.3, -0.25) is 0 Å². The minimum absolute atomic E-state index is 0.386. The van der Waals surface area contributed by atoms with Crippen molar-refractivity contribution in [3.05, 3.63) is 30.2 Å². The first kappa shape index (κ1) is 17.8. The molecule has 0 unspecified atom stereocenters. The lowest BCUT2D eigenvalue weighted by Gasteiger charge is -2.19. The van der Waals surface area contributed by atoms with Crippen LogP contribution < -0.4 is 10.6 Å². The van der Waals surface area contributed by atoms with Crippen molar-refractivity contribution in [2.24, 2.45) is 0 Å². The number of carbonyl (C=O) groups is 1. The molecule has 2 N–H and O–H groups in total. The Kier molecular flexibility index (Phi) is 5.78. The minimum Gasteiger partial charge on any atom is -0.444 e. The van der Waals surface area contributed by atoms with Crippen LogP contribution in [-0.4, -0.2) is 35.0 Å². The Morgan fingerprint density at radius 2 is 2.08 bits per heavy atom. The molecule has 0 saturated carbocycles. The summed E-state index contributed by atoms with van der Waals surface area (Å²) in [5.74, 6) is 0.506. The van der Waals surface area contributed by atoms with Gasteiger partial charge in [0.15, 0.2) is 0 Å². The minimum atomic E-state index is -0.473. The summed E-state index contributed by atoms with van der Waals surface area (Å²) >= 11 is 0. The predicted molar refractivity (Wildman–Crippen MR) is 91.8 cm³/mol. The van der Waals surface area contributed by atoms with Gasteiger partial charge in [0, 0.05) is 24.3 Å². The Balaban J connectivity index is 1.74. The Labute approximate surface area is 141 Å². The topological polar surface area (TPSA) is 89.3 Å². The molecule has 7 heteroatoms. The number of carbonyl (C=O) groups excluding carboxylic acids is 1.